The number of rotatable bonds is 5. The van der Waals surface area contributed by atoms with Crippen LogP contribution in [0.1, 0.15) is 36.5 Å². The van der Waals surface area contributed by atoms with Crippen LogP contribution in [0.3, 0.4) is 0 Å². The molecule has 6 heteroatoms. The van der Waals surface area contributed by atoms with Crippen LogP contribution in [0.15, 0.2) is 0 Å². The number of hydrogen-bond acceptors (Lipinski definition) is 6. The van der Waals surface area contributed by atoms with E-state index in [1.54, 1.807) is 0 Å². The summed E-state index contributed by atoms with van der Waals surface area (Å²) in [6.07, 6.45) is 3.56. The monoisotopic (exact) mass is 308 g/mol. The molecule has 0 radical (unpaired) electrons. The Balaban J connectivity index is 1.92. The fraction of sp³-hybridized carbons (Fsp3) is 0.571. The molecule has 0 bridgehead atoms. The second-order valence-electron chi connectivity index (χ2n) is 5.58. The van der Waals surface area contributed by atoms with Gasteiger partial charge in [0.05, 0.1) is 11.1 Å². The zero-order valence-electron chi connectivity index (χ0n) is 11.9. The predicted molar refractivity (Wildman–Crippen MR) is 88.3 cm³/mol. The van der Waals surface area contributed by atoms with Crippen molar-refractivity contribution in [2.45, 2.75) is 38.9 Å². The highest BCUT2D eigenvalue weighted by Crippen LogP contribution is 2.39. The van der Waals surface area contributed by atoms with Crippen LogP contribution < -0.4 is 11.3 Å². The molecule has 0 atom stereocenters. The molecule has 2 heterocycles. The zero-order chi connectivity index (χ0) is 14.1. The normalized spacial score (nSPS) is 14.2. The van der Waals surface area contributed by atoms with Gasteiger partial charge >= 0.3 is 0 Å². The number of aromatic nitrogens is 2. The molecule has 0 amide bonds. The molecule has 2 aromatic heterocycles. The third-order valence-electron chi connectivity index (χ3n) is 3.43. The molecule has 0 saturated heterocycles. The van der Waals surface area contributed by atoms with Crippen LogP contribution in [0.5, 0.6) is 0 Å². The molecule has 2 aromatic rings. The molecule has 20 heavy (non-hydrogen) atoms. The quantitative estimate of drug-likeness (QED) is 0.655. The molecule has 4 nitrogen and oxygen atoms in total. The van der Waals surface area contributed by atoms with Gasteiger partial charge in [-0.1, -0.05) is 13.8 Å². The van der Waals surface area contributed by atoms with Crippen molar-refractivity contribution in [3.05, 3.63) is 16.3 Å². The number of anilines is 1. The van der Waals surface area contributed by atoms with Gasteiger partial charge in [0.2, 0.25) is 0 Å². The number of nitrogens with zero attached hydrogens (tertiary/aromatic N) is 2. The van der Waals surface area contributed by atoms with Crippen molar-refractivity contribution < 1.29 is 0 Å². The maximum absolute atomic E-state index is 5.67. The number of aryl methyl sites for hydroxylation is 2. The number of thiophene rings is 1. The fourth-order valence-electron chi connectivity index (χ4n) is 2.59. The van der Waals surface area contributed by atoms with Crippen LogP contribution in [-0.2, 0) is 18.6 Å². The lowest BCUT2D eigenvalue weighted by atomic mass is 10.2. The first-order valence-corrected chi connectivity index (χ1v) is 9.01. The average Bonchev–Trinajstić information content (AvgIpc) is 2.97. The van der Waals surface area contributed by atoms with Gasteiger partial charge in [0.25, 0.3) is 0 Å². The van der Waals surface area contributed by atoms with Gasteiger partial charge in [-0.15, -0.1) is 11.3 Å². The van der Waals surface area contributed by atoms with Crippen LogP contribution in [0, 0.1) is 5.92 Å². The van der Waals surface area contributed by atoms with Crippen LogP contribution in [-0.4, -0.2) is 15.7 Å². The maximum Gasteiger partial charge on any atom is 0.152 e. The number of nitrogen functional groups attached to an aromatic ring is 1. The summed E-state index contributed by atoms with van der Waals surface area (Å²) in [5.41, 5.74) is 4.19. The lowest BCUT2D eigenvalue weighted by molar-refractivity contribution is 0.750. The van der Waals surface area contributed by atoms with Gasteiger partial charge in [0.1, 0.15) is 10.7 Å². The highest BCUT2D eigenvalue weighted by Gasteiger charge is 2.22. The van der Waals surface area contributed by atoms with Gasteiger partial charge in [-0.25, -0.2) is 15.8 Å². The summed E-state index contributed by atoms with van der Waals surface area (Å²) in [6.45, 7) is 4.46. The lowest BCUT2D eigenvalue weighted by Crippen LogP contribution is -2.11. The maximum atomic E-state index is 5.67. The molecular formula is C14H20N4S2. The zero-order valence-corrected chi connectivity index (χ0v) is 13.5. The van der Waals surface area contributed by atoms with Crippen LogP contribution in [0.25, 0.3) is 10.2 Å². The smallest absolute Gasteiger partial charge is 0.152 e. The van der Waals surface area contributed by atoms with Crippen LogP contribution in [0.4, 0.5) is 5.82 Å². The Labute approximate surface area is 127 Å². The summed E-state index contributed by atoms with van der Waals surface area (Å²) < 4.78 is 0. The number of hydrazine groups is 1. The van der Waals surface area contributed by atoms with Gasteiger partial charge in [-0.2, -0.15) is 11.8 Å². The molecule has 0 unspecified atom stereocenters. The Bertz CT molecular complexity index is 621. The molecule has 0 saturated carbocycles. The van der Waals surface area contributed by atoms with E-state index in [9.17, 15) is 0 Å². The first-order valence-electron chi connectivity index (χ1n) is 7.04. The Kier molecular flexibility index (Phi) is 4.14. The minimum atomic E-state index is 0.696. The van der Waals surface area contributed by atoms with Crippen LogP contribution in [0.2, 0.25) is 0 Å². The second-order valence-corrected chi connectivity index (χ2v) is 7.69. The van der Waals surface area contributed by atoms with Gasteiger partial charge in [0, 0.05) is 4.88 Å². The van der Waals surface area contributed by atoms with E-state index < -0.39 is 0 Å². The van der Waals surface area contributed by atoms with Gasteiger partial charge in [-0.05, 0) is 36.5 Å². The largest absolute Gasteiger partial charge is 0.308 e. The molecule has 1 aliphatic carbocycles. The van der Waals surface area contributed by atoms with Crippen molar-refractivity contribution in [2.75, 3.05) is 11.2 Å². The number of nitrogens with two attached hydrogens (primary N) is 1. The topological polar surface area (TPSA) is 63.8 Å². The third kappa shape index (κ3) is 2.64. The number of thioether (sulfide) groups is 1. The van der Waals surface area contributed by atoms with E-state index in [4.69, 9.17) is 10.8 Å². The Hall–Kier alpha value is -0.850. The molecule has 3 N–H and O–H groups in total. The Morgan fingerprint density at radius 1 is 1.35 bits per heavy atom. The first-order chi connectivity index (χ1) is 9.69. The molecule has 0 spiro atoms. The van der Waals surface area contributed by atoms with Crippen molar-refractivity contribution in [2.24, 2.45) is 11.8 Å². The summed E-state index contributed by atoms with van der Waals surface area (Å²) in [5, 5.41) is 1.16. The van der Waals surface area contributed by atoms with E-state index in [-0.39, 0.29) is 0 Å². The van der Waals surface area contributed by atoms with E-state index in [0.29, 0.717) is 5.92 Å². The molecule has 0 aromatic carbocycles. The molecule has 1 aliphatic rings. The average molecular weight is 308 g/mol. The SMILES string of the molecule is CC(C)CSCc1nc(NN)c2c3c(sc2n1)CCC3. The second kappa shape index (κ2) is 5.87. The van der Waals surface area contributed by atoms with Gasteiger partial charge in [0.15, 0.2) is 5.82 Å². The number of nitrogens with one attached hydrogen (secondary N) is 1. The molecule has 0 aliphatic heterocycles. The molecular weight excluding hydrogens is 288 g/mol. The van der Waals surface area contributed by atoms with E-state index in [2.05, 4.69) is 24.3 Å². The summed E-state index contributed by atoms with van der Waals surface area (Å²) in [4.78, 5) is 11.9. The highest BCUT2D eigenvalue weighted by molar-refractivity contribution is 7.98. The summed E-state index contributed by atoms with van der Waals surface area (Å²) >= 11 is 3.70. The minimum absolute atomic E-state index is 0.696. The molecule has 108 valence electrons. The summed E-state index contributed by atoms with van der Waals surface area (Å²) in [6, 6.07) is 0. The van der Waals surface area contributed by atoms with E-state index in [1.165, 1.54) is 23.3 Å². The first kappa shape index (κ1) is 14.1. The Morgan fingerprint density at radius 3 is 2.95 bits per heavy atom. The van der Waals surface area contributed by atoms with E-state index in [0.717, 1.165) is 39.8 Å². The third-order valence-corrected chi connectivity index (χ3v) is 5.98. The summed E-state index contributed by atoms with van der Waals surface area (Å²) in [7, 11) is 0. The van der Waals surface area contributed by atoms with Crippen molar-refractivity contribution in [1.29, 1.82) is 0 Å². The fourth-order valence-corrected chi connectivity index (χ4v) is 4.78. The predicted octanol–water partition coefficient (Wildman–Crippen LogP) is 3.35. The molecule has 0 fully saturated rings. The number of fused-ring (bicyclic) bond motifs is 3. The van der Waals surface area contributed by atoms with Crippen molar-refractivity contribution >= 4 is 39.1 Å². The number of hydrogen-bond donors (Lipinski definition) is 2. The van der Waals surface area contributed by atoms with Crippen molar-refractivity contribution in [3.8, 4) is 0 Å². The van der Waals surface area contributed by atoms with E-state index in [1.807, 2.05) is 23.1 Å². The highest BCUT2D eigenvalue weighted by atomic mass is 32.2. The van der Waals surface area contributed by atoms with E-state index >= 15 is 0 Å². The van der Waals surface area contributed by atoms with Crippen LogP contribution >= 0.6 is 23.1 Å². The van der Waals surface area contributed by atoms with Crippen molar-refractivity contribution in [1.82, 2.24) is 9.97 Å². The molecule has 3 rings (SSSR count). The minimum Gasteiger partial charge on any atom is -0.308 e. The van der Waals surface area contributed by atoms with Gasteiger partial charge in [-0.3, -0.25) is 0 Å². The van der Waals surface area contributed by atoms with Crippen molar-refractivity contribution in [3.63, 3.8) is 0 Å². The van der Waals surface area contributed by atoms with Gasteiger partial charge < -0.3 is 5.43 Å². The summed E-state index contributed by atoms with van der Waals surface area (Å²) in [5.74, 6) is 10.0. The Morgan fingerprint density at radius 2 is 2.20 bits per heavy atom. The lowest BCUT2D eigenvalue weighted by Gasteiger charge is -2.07. The standard InChI is InChI=1S/C14H20N4S2/c1-8(2)6-19-7-11-16-13(18-15)12-9-4-3-5-10(9)20-14(12)17-11/h8H,3-7,15H2,1-2H3,(H,16,17,18).